The van der Waals surface area contributed by atoms with Gasteiger partial charge in [-0.3, -0.25) is 4.79 Å². The van der Waals surface area contributed by atoms with E-state index < -0.39 is 0 Å². The quantitative estimate of drug-likeness (QED) is 0.588. The van der Waals surface area contributed by atoms with Gasteiger partial charge in [-0.05, 0) is 31.0 Å². The highest BCUT2D eigenvalue weighted by Crippen LogP contribution is 2.16. The van der Waals surface area contributed by atoms with Gasteiger partial charge in [0, 0.05) is 18.0 Å². The van der Waals surface area contributed by atoms with Gasteiger partial charge in [-0.15, -0.1) is 0 Å². The Morgan fingerprint density at radius 2 is 2.18 bits per heavy atom. The number of nitrogens with one attached hydrogen (secondary N) is 1. The summed E-state index contributed by atoms with van der Waals surface area (Å²) in [5, 5.41) is 2.79. The summed E-state index contributed by atoms with van der Waals surface area (Å²) in [4.78, 5) is 11.5. The minimum Gasteiger partial charge on any atom is -0.398 e. The maximum Gasteiger partial charge on any atom is 0.226 e. The van der Waals surface area contributed by atoms with E-state index in [9.17, 15) is 4.79 Å². The maximum atomic E-state index is 11.5. The van der Waals surface area contributed by atoms with Crippen LogP contribution in [0.15, 0.2) is 18.2 Å². The number of hydrogen-bond acceptors (Lipinski definition) is 3. The van der Waals surface area contributed by atoms with Crippen molar-refractivity contribution >= 4 is 17.3 Å². The Labute approximate surface area is 102 Å². The Morgan fingerprint density at radius 3 is 2.82 bits per heavy atom. The first-order chi connectivity index (χ1) is 8.13. The molecule has 0 heterocycles. The minimum atomic E-state index is -0.0515. The normalized spacial score (nSPS) is 10.2. The van der Waals surface area contributed by atoms with Crippen molar-refractivity contribution in [2.75, 3.05) is 24.3 Å². The molecule has 1 rings (SSSR count). The third kappa shape index (κ3) is 4.87. The lowest BCUT2D eigenvalue weighted by molar-refractivity contribution is -0.117. The molecule has 1 aromatic carbocycles. The number of nitrogen functional groups attached to an aromatic ring is 1. The van der Waals surface area contributed by atoms with Gasteiger partial charge in [-0.2, -0.15) is 0 Å². The molecule has 0 aliphatic heterocycles. The van der Waals surface area contributed by atoms with E-state index in [-0.39, 0.29) is 5.91 Å². The van der Waals surface area contributed by atoms with Crippen LogP contribution in [-0.4, -0.2) is 19.1 Å². The first kappa shape index (κ1) is 13.5. The molecule has 0 radical (unpaired) electrons. The molecule has 0 saturated heterocycles. The molecule has 0 aliphatic rings. The second kappa shape index (κ2) is 6.91. The van der Waals surface area contributed by atoms with Crippen molar-refractivity contribution in [3.05, 3.63) is 23.8 Å². The van der Waals surface area contributed by atoms with Crippen molar-refractivity contribution < 1.29 is 9.53 Å². The molecular weight excluding hydrogens is 216 g/mol. The second-order valence-electron chi connectivity index (χ2n) is 3.98. The van der Waals surface area contributed by atoms with Crippen LogP contribution in [0.5, 0.6) is 0 Å². The van der Waals surface area contributed by atoms with E-state index >= 15 is 0 Å². The molecule has 0 fully saturated rings. The van der Waals surface area contributed by atoms with Crippen LogP contribution in [-0.2, 0) is 9.53 Å². The zero-order valence-electron chi connectivity index (χ0n) is 10.5. The van der Waals surface area contributed by atoms with Gasteiger partial charge in [-0.25, -0.2) is 0 Å². The average molecular weight is 236 g/mol. The molecule has 0 aromatic heterocycles. The molecule has 94 valence electrons. The Hall–Kier alpha value is -1.55. The third-order valence-electron chi connectivity index (χ3n) is 2.38. The van der Waals surface area contributed by atoms with E-state index in [2.05, 4.69) is 5.32 Å². The summed E-state index contributed by atoms with van der Waals surface area (Å²) in [7, 11) is 0. The molecule has 1 amide bonds. The van der Waals surface area contributed by atoms with E-state index in [0.29, 0.717) is 25.3 Å². The smallest absolute Gasteiger partial charge is 0.226 e. The van der Waals surface area contributed by atoms with Crippen LogP contribution in [0, 0.1) is 6.92 Å². The number of rotatable bonds is 6. The molecule has 0 bridgehead atoms. The van der Waals surface area contributed by atoms with Crippen molar-refractivity contribution in [1.82, 2.24) is 0 Å². The molecule has 1 aromatic rings. The Bertz CT molecular complexity index is 378. The first-order valence-corrected chi connectivity index (χ1v) is 5.87. The molecule has 0 unspecified atom stereocenters. The van der Waals surface area contributed by atoms with Crippen molar-refractivity contribution in [3.8, 4) is 0 Å². The van der Waals surface area contributed by atoms with Crippen molar-refractivity contribution in [2.45, 2.75) is 26.7 Å². The summed E-state index contributed by atoms with van der Waals surface area (Å²) in [5.41, 5.74) is 8.18. The minimum absolute atomic E-state index is 0.0515. The number of ether oxygens (including phenoxy) is 1. The van der Waals surface area contributed by atoms with Gasteiger partial charge < -0.3 is 15.8 Å². The zero-order valence-corrected chi connectivity index (χ0v) is 10.5. The number of hydrogen-bond donors (Lipinski definition) is 2. The van der Waals surface area contributed by atoms with Gasteiger partial charge >= 0.3 is 0 Å². The lowest BCUT2D eigenvalue weighted by Gasteiger charge is -2.07. The van der Waals surface area contributed by atoms with Crippen LogP contribution in [0.3, 0.4) is 0 Å². The molecule has 0 spiro atoms. The van der Waals surface area contributed by atoms with Gasteiger partial charge in [0.15, 0.2) is 0 Å². The van der Waals surface area contributed by atoms with E-state index in [4.69, 9.17) is 10.5 Å². The van der Waals surface area contributed by atoms with Gasteiger partial charge in [0.2, 0.25) is 5.91 Å². The number of nitrogens with two attached hydrogens (primary N) is 1. The van der Waals surface area contributed by atoms with Gasteiger partial charge in [0.1, 0.15) is 0 Å². The largest absolute Gasteiger partial charge is 0.398 e. The van der Waals surface area contributed by atoms with Crippen LogP contribution in [0.2, 0.25) is 0 Å². The number of aryl methyl sites for hydroxylation is 1. The van der Waals surface area contributed by atoms with E-state index in [1.165, 1.54) is 0 Å². The van der Waals surface area contributed by atoms with E-state index in [0.717, 1.165) is 17.7 Å². The van der Waals surface area contributed by atoms with Gasteiger partial charge in [0.25, 0.3) is 0 Å². The summed E-state index contributed by atoms with van der Waals surface area (Å²) in [6.45, 7) is 5.13. The van der Waals surface area contributed by atoms with Crippen molar-refractivity contribution in [3.63, 3.8) is 0 Å². The topological polar surface area (TPSA) is 64.3 Å². The summed E-state index contributed by atoms with van der Waals surface area (Å²) in [6.07, 6.45) is 1.34. The van der Waals surface area contributed by atoms with Crippen LogP contribution in [0.25, 0.3) is 0 Å². The monoisotopic (exact) mass is 236 g/mol. The summed E-state index contributed by atoms with van der Waals surface area (Å²) >= 11 is 0. The number of anilines is 2. The molecule has 17 heavy (non-hydrogen) atoms. The number of carbonyl (C=O) groups excluding carboxylic acids is 1. The van der Waals surface area contributed by atoms with Crippen molar-refractivity contribution in [2.24, 2.45) is 0 Å². The van der Waals surface area contributed by atoms with Crippen LogP contribution in [0.1, 0.15) is 25.3 Å². The fourth-order valence-corrected chi connectivity index (χ4v) is 1.35. The predicted molar refractivity (Wildman–Crippen MR) is 69.9 cm³/mol. The molecule has 0 aliphatic carbocycles. The van der Waals surface area contributed by atoms with Crippen LogP contribution < -0.4 is 11.1 Å². The highest BCUT2D eigenvalue weighted by molar-refractivity contribution is 5.91. The highest BCUT2D eigenvalue weighted by atomic mass is 16.5. The first-order valence-electron chi connectivity index (χ1n) is 5.87. The van der Waals surface area contributed by atoms with Gasteiger partial charge in [0.05, 0.1) is 13.0 Å². The van der Waals surface area contributed by atoms with E-state index in [1.54, 1.807) is 6.07 Å². The van der Waals surface area contributed by atoms with Crippen LogP contribution in [0.4, 0.5) is 11.4 Å². The molecule has 4 heteroatoms. The third-order valence-corrected chi connectivity index (χ3v) is 2.38. The van der Waals surface area contributed by atoms with Crippen LogP contribution >= 0.6 is 0 Å². The number of benzene rings is 1. The Balaban J connectivity index is 2.37. The summed E-state index contributed by atoms with van der Waals surface area (Å²) in [6, 6.07) is 5.50. The Morgan fingerprint density at radius 1 is 1.41 bits per heavy atom. The lowest BCUT2D eigenvalue weighted by Crippen LogP contribution is -2.14. The molecular formula is C13H20N2O2. The van der Waals surface area contributed by atoms with E-state index in [1.807, 2.05) is 26.0 Å². The molecule has 0 saturated carbocycles. The summed E-state index contributed by atoms with van der Waals surface area (Å²) < 4.78 is 5.25. The van der Waals surface area contributed by atoms with Crippen molar-refractivity contribution in [1.29, 1.82) is 0 Å². The number of amides is 1. The molecule has 3 N–H and O–H groups in total. The Kier molecular flexibility index (Phi) is 5.49. The fraction of sp³-hybridized carbons (Fsp3) is 0.462. The maximum absolute atomic E-state index is 11.5. The highest BCUT2D eigenvalue weighted by Gasteiger charge is 2.03. The fourth-order valence-electron chi connectivity index (χ4n) is 1.35. The second-order valence-corrected chi connectivity index (χ2v) is 3.98. The summed E-state index contributed by atoms with van der Waals surface area (Å²) in [5.74, 6) is -0.0515. The lowest BCUT2D eigenvalue weighted by atomic mass is 10.2. The standard InChI is InChI=1S/C13H20N2O2/c1-3-7-17-8-6-13(16)15-11-5-4-10(2)12(14)9-11/h4-5,9H,3,6-8,14H2,1-2H3,(H,15,16). The molecule has 0 atom stereocenters. The average Bonchev–Trinajstić information content (AvgIpc) is 2.30. The SMILES string of the molecule is CCCOCCC(=O)Nc1ccc(C)c(N)c1. The molecule has 4 nitrogen and oxygen atoms in total. The number of carbonyl (C=O) groups is 1. The predicted octanol–water partition coefficient (Wildman–Crippen LogP) is 2.33. The zero-order chi connectivity index (χ0) is 12.7. The van der Waals surface area contributed by atoms with Gasteiger partial charge in [-0.1, -0.05) is 13.0 Å².